The van der Waals surface area contributed by atoms with Gasteiger partial charge in [-0.25, -0.2) is 14.8 Å². The average Bonchev–Trinajstić information content (AvgIpc) is 2.65. The van der Waals surface area contributed by atoms with Crippen molar-refractivity contribution in [3.05, 3.63) is 59.2 Å². The molecule has 0 amide bonds. The molecule has 1 aromatic carbocycles. The van der Waals surface area contributed by atoms with Crippen molar-refractivity contribution >= 4 is 16.6 Å². The first-order valence-corrected chi connectivity index (χ1v) is 8.39. The largest absolute Gasteiger partial charge is 0.369 e. The van der Waals surface area contributed by atoms with E-state index >= 15 is 0 Å². The van der Waals surface area contributed by atoms with Crippen molar-refractivity contribution in [2.45, 2.75) is 6.54 Å². The van der Waals surface area contributed by atoms with Gasteiger partial charge in [0.1, 0.15) is 6.33 Å². The summed E-state index contributed by atoms with van der Waals surface area (Å²) in [6.45, 7) is 4.50. The molecule has 2 aromatic heterocycles. The van der Waals surface area contributed by atoms with Gasteiger partial charge in [0.25, 0.3) is 0 Å². The van der Waals surface area contributed by atoms with Crippen molar-refractivity contribution in [2.24, 2.45) is 7.05 Å². The third-order valence-corrected chi connectivity index (χ3v) is 4.64. The molecule has 1 fully saturated rings. The monoisotopic (exact) mass is 336 g/mol. The molecule has 0 saturated carbocycles. The van der Waals surface area contributed by atoms with E-state index < -0.39 is 0 Å². The zero-order valence-electron chi connectivity index (χ0n) is 14.2. The minimum atomic E-state index is -0.200. The Hall–Kier alpha value is -2.80. The summed E-state index contributed by atoms with van der Waals surface area (Å²) in [5.41, 5.74) is 2.80. The molecular formula is C18H20N6O. The third-order valence-electron chi connectivity index (χ3n) is 4.64. The van der Waals surface area contributed by atoms with Crippen molar-refractivity contribution in [3.8, 4) is 0 Å². The maximum Gasteiger partial charge on any atom is 0.347 e. The van der Waals surface area contributed by atoms with Crippen molar-refractivity contribution in [2.75, 3.05) is 31.1 Å². The molecular weight excluding hydrogens is 316 g/mol. The predicted octanol–water partition coefficient (Wildman–Crippen LogP) is 1.05. The number of aromatic nitrogens is 4. The van der Waals surface area contributed by atoms with Crippen LogP contribution in [0.25, 0.3) is 10.9 Å². The zero-order chi connectivity index (χ0) is 17.2. The van der Waals surface area contributed by atoms with Gasteiger partial charge in [-0.2, -0.15) is 4.98 Å². The molecule has 25 heavy (non-hydrogen) atoms. The highest BCUT2D eigenvalue weighted by Gasteiger charge is 2.18. The van der Waals surface area contributed by atoms with E-state index in [1.54, 1.807) is 19.6 Å². The molecule has 4 rings (SSSR count). The normalized spacial score (nSPS) is 15.6. The Bertz CT molecular complexity index is 945. The number of benzene rings is 1. The molecule has 3 heterocycles. The van der Waals surface area contributed by atoms with Crippen LogP contribution in [0.2, 0.25) is 0 Å². The molecule has 0 bridgehead atoms. The lowest BCUT2D eigenvalue weighted by Gasteiger charge is -2.36. The summed E-state index contributed by atoms with van der Waals surface area (Å²) in [5.74, 6) is 0. The molecule has 0 atom stereocenters. The van der Waals surface area contributed by atoms with E-state index in [1.165, 1.54) is 10.3 Å². The smallest absolute Gasteiger partial charge is 0.347 e. The molecule has 1 saturated heterocycles. The van der Waals surface area contributed by atoms with Gasteiger partial charge in [0.15, 0.2) is 0 Å². The molecule has 0 radical (unpaired) electrons. The topological polar surface area (TPSA) is 67.2 Å². The van der Waals surface area contributed by atoms with Crippen LogP contribution in [0.4, 0.5) is 5.69 Å². The van der Waals surface area contributed by atoms with Crippen LogP contribution in [0.1, 0.15) is 5.69 Å². The summed E-state index contributed by atoms with van der Waals surface area (Å²) >= 11 is 0. The Morgan fingerprint density at radius 1 is 1.12 bits per heavy atom. The van der Waals surface area contributed by atoms with Gasteiger partial charge in [0.2, 0.25) is 0 Å². The molecule has 0 N–H and O–H groups in total. The number of aryl methyl sites for hydroxylation is 1. The SMILES string of the molecule is Cn1ccc(CN2CCN(c3ccc4ncncc4c3)CC2)nc1=O. The summed E-state index contributed by atoms with van der Waals surface area (Å²) in [5, 5.41) is 1.06. The lowest BCUT2D eigenvalue weighted by Crippen LogP contribution is -2.46. The number of piperazine rings is 1. The van der Waals surface area contributed by atoms with Gasteiger partial charge in [-0.05, 0) is 24.3 Å². The number of rotatable bonds is 3. The van der Waals surface area contributed by atoms with Gasteiger partial charge in [0, 0.05) is 63.2 Å². The highest BCUT2D eigenvalue weighted by atomic mass is 16.1. The quantitative estimate of drug-likeness (QED) is 0.712. The minimum Gasteiger partial charge on any atom is -0.369 e. The highest BCUT2D eigenvalue weighted by molar-refractivity contribution is 5.81. The summed E-state index contributed by atoms with van der Waals surface area (Å²) in [6, 6.07) is 8.22. The molecule has 1 aliphatic heterocycles. The van der Waals surface area contributed by atoms with Crippen LogP contribution in [-0.4, -0.2) is 50.6 Å². The van der Waals surface area contributed by atoms with Gasteiger partial charge in [0.05, 0.1) is 11.2 Å². The number of hydrogen-bond acceptors (Lipinski definition) is 6. The molecule has 0 unspecified atom stereocenters. The number of nitrogens with zero attached hydrogens (tertiary/aromatic N) is 6. The molecule has 7 nitrogen and oxygen atoms in total. The number of hydrogen-bond donors (Lipinski definition) is 0. The van der Waals surface area contributed by atoms with E-state index in [1.807, 2.05) is 18.3 Å². The Labute approximate surface area is 145 Å². The van der Waals surface area contributed by atoms with Crippen LogP contribution in [0.15, 0.2) is 47.8 Å². The Balaban J connectivity index is 1.41. The number of anilines is 1. The van der Waals surface area contributed by atoms with Gasteiger partial charge in [-0.1, -0.05) is 0 Å². The van der Waals surface area contributed by atoms with Gasteiger partial charge in [-0.3, -0.25) is 4.90 Å². The van der Waals surface area contributed by atoms with Gasteiger partial charge < -0.3 is 9.47 Å². The molecule has 128 valence electrons. The van der Waals surface area contributed by atoms with Crippen molar-refractivity contribution in [1.82, 2.24) is 24.4 Å². The second-order valence-electron chi connectivity index (χ2n) is 6.34. The van der Waals surface area contributed by atoms with Crippen molar-refractivity contribution in [3.63, 3.8) is 0 Å². The van der Waals surface area contributed by atoms with E-state index in [4.69, 9.17) is 0 Å². The lowest BCUT2D eigenvalue weighted by molar-refractivity contribution is 0.246. The second kappa shape index (κ2) is 6.60. The molecule has 3 aromatic rings. The molecule has 7 heteroatoms. The van der Waals surface area contributed by atoms with E-state index in [9.17, 15) is 4.79 Å². The Kier molecular flexibility index (Phi) is 4.15. The van der Waals surface area contributed by atoms with Crippen LogP contribution in [0.5, 0.6) is 0 Å². The second-order valence-corrected chi connectivity index (χ2v) is 6.34. The maximum atomic E-state index is 11.6. The molecule has 0 aliphatic carbocycles. The van der Waals surface area contributed by atoms with Crippen LogP contribution in [0.3, 0.4) is 0 Å². The molecule has 1 aliphatic rings. The highest BCUT2D eigenvalue weighted by Crippen LogP contribution is 2.21. The number of fused-ring (bicyclic) bond motifs is 1. The fraction of sp³-hybridized carbons (Fsp3) is 0.333. The maximum absolute atomic E-state index is 11.6. The van der Waals surface area contributed by atoms with E-state index in [0.717, 1.165) is 49.3 Å². The Morgan fingerprint density at radius 2 is 1.96 bits per heavy atom. The van der Waals surface area contributed by atoms with Gasteiger partial charge >= 0.3 is 5.69 Å². The first-order chi connectivity index (χ1) is 12.2. The summed E-state index contributed by atoms with van der Waals surface area (Å²) in [6.07, 6.45) is 5.20. The summed E-state index contributed by atoms with van der Waals surface area (Å²) in [4.78, 5) is 28.8. The standard InChI is InChI=1S/C18H20N6O/c1-22-5-4-15(21-18(22)25)12-23-6-8-24(9-7-23)16-2-3-17-14(10-16)11-19-13-20-17/h2-5,10-11,13H,6-9,12H2,1H3. The zero-order valence-corrected chi connectivity index (χ0v) is 14.2. The van der Waals surface area contributed by atoms with Crippen LogP contribution in [0, 0.1) is 0 Å². The first kappa shape index (κ1) is 15.7. The predicted molar refractivity (Wildman–Crippen MR) is 96.5 cm³/mol. The fourth-order valence-corrected chi connectivity index (χ4v) is 3.15. The minimum absolute atomic E-state index is 0.200. The van der Waals surface area contributed by atoms with E-state index in [-0.39, 0.29) is 5.69 Å². The average molecular weight is 336 g/mol. The third kappa shape index (κ3) is 3.36. The first-order valence-electron chi connectivity index (χ1n) is 8.39. The van der Waals surface area contributed by atoms with Gasteiger partial charge in [-0.15, -0.1) is 0 Å². The van der Waals surface area contributed by atoms with Crippen LogP contribution < -0.4 is 10.6 Å². The van der Waals surface area contributed by atoms with E-state index in [0.29, 0.717) is 0 Å². The van der Waals surface area contributed by atoms with E-state index in [2.05, 4.69) is 36.9 Å². The Morgan fingerprint density at radius 3 is 2.76 bits per heavy atom. The van der Waals surface area contributed by atoms with Crippen LogP contribution >= 0.6 is 0 Å². The fourth-order valence-electron chi connectivity index (χ4n) is 3.15. The molecule has 0 spiro atoms. The van der Waals surface area contributed by atoms with Crippen molar-refractivity contribution < 1.29 is 0 Å². The van der Waals surface area contributed by atoms with Crippen LogP contribution in [-0.2, 0) is 13.6 Å². The summed E-state index contributed by atoms with van der Waals surface area (Å²) in [7, 11) is 1.71. The van der Waals surface area contributed by atoms with Crippen molar-refractivity contribution in [1.29, 1.82) is 0 Å². The summed E-state index contributed by atoms with van der Waals surface area (Å²) < 4.78 is 1.49. The lowest BCUT2D eigenvalue weighted by atomic mass is 10.2.